The summed E-state index contributed by atoms with van der Waals surface area (Å²) in [5.74, 6) is 1.81. The first kappa shape index (κ1) is 25.9. The number of hydrogen-bond acceptors (Lipinski definition) is 4. The van der Waals surface area contributed by atoms with Crippen molar-refractivity contribution in [2.45, 2.75) is 116 Å². The molecule has 0 saturated heterocycles. The van der Waals surface area contributed by atoms with Crippen molar-refractivity contribution in [3.8, 4) is 0 Å². The van der Waals surface area contributed by atoms with Crippen LogP contribution in [0.2, 0.25) is 0 Å². The van der Waals surface area contributed by atoms with Gasteiger partial charge in [0.25, 0.3) is 0 Å². The zero-order valence-corrected chi connectivity index (χ0v) is 21.7. The fraction of sp³-hybridized carbons (Fsp3) is 0.767. The van der Waals surface area contributed by atoms with E-state index in [1.165, 1.54) is 31.3 Å². The largest absolute Gasteiger partial charge is 0.393 e. The Morgan fingerprint density at radius 2 is 1.76 bits per heavy atom. The van der Waals surface area contributed by atoms with E-state index in [0.717, 1.165) is 31.3 Å². The number of allylic oxidation sites excluding steroid dienone is 4. The van der Waals surface area contributed by atoms with Gasteiger partial charge in [-0.25, -0.2) is 0 Å². The minimum Gasteiger partial charge on any atom is -0.393 e. The van der Waals surface area contributed by atoms with Gasteiger partial charge in [-0.05, 0) is 99.9 Å². The summed E-state index contributed by atoms with van der Waals surface area (Å²) in [6.07, 6.45) is 16.2. The van der Waals surface area contributed by atoms with Crippen LogP contribution in [-0.4, -0.2) is 38.9 Å². The Kier molecular flexibility index (Phi) is 7.62. The van der Waals surface area contributed by atoms with E-state index in [4.69, 9.17) is 0 Å². The molecule has 190 valence electrons. The average Bonchev–Trinajstić information content (AvgIpc) is 3.13. The number of aliphatic hydroxyl groups excluding tert-OH is 2. The topological polar surface area (TPSA) is 77.8 Å². The molecule has 0 aromatic carbocycles. The maximum atomic E-state index is 12.6. The Morgan fingerprint density at radius 3 is 2.53 bits per heavy atom. The van der Waals surface area contributed by atoms with Crippen LogP contribution in [0.25, 0.3) is 0 Å². The van der Waals surface area contributed by atoms with E-state index in [2.05, 4.69) is 39.0 Å². The Labute approximate surface area is 206 Å². The molecule has 0 spiro atoms. The highest BCUT2D eigenvalue weighted by atomic mass is 16.3. The molecule has 4 rings (SSSR count). The van der Waals surface area contributed by atoms with Crippen LogP contribution >= 0.6 is 0 Å². The molecule has 4 saturated carbocycles. The summed E-state index contributed by atoms with van der Waals surface area (Å²) in [6, 6.07) is 0. The van der Waals surface area contributed by atoms with Crippen molar-refractivity contribution in [2.75, 3.05) is 0 Å². The summed E-state index contributed by atoms with van der Waals surface area (Å²) in [5.41, 5.74) is 2.67. The van der Waals surface area contributed by atoms with Crippen molar-refractivity contribution in [3.63, 3.8) is 0 Å². The number of rotatable bonds is 4. The molecular weight excluding hydrogens is 424 g/mol. The first-order chi connectivity index (χ1) is 16.0. The number of carbonyl (C=O) groups is 1. The summed E-state index contributed by atoms with van der Waals surface area (Å²) >= 11 is 0. The molecule has 0 aromatic rings. The number of ketones is 1. The summed E-state index contributed by atoms with van der Waals surface area (Å²) in [6.45, 7) is 8.58. The van der Waals surface area contributed by atoms with Gasteiger partial charge in [0, 0.05) is 12.3 Å². The first-order valence-corrected chi connectivity index (χ1v) is 13.7. The third-order valence-electron chi connectivity index (χ3n) is 10.0. The molecule has 0 amide bonds. The molecule has 0 bridgehead atoms. The van der Waals surface area contributed by atoms with Crippen LogP contribution in [0.1, 0.15) is 98.3 Å². The standard InChI is InChI=1S/C30H46O4/c1-19(9-10-22-8-6-16-30(4,34)28(22)33)25-13-14-26-21(7-5-15-29(25,26)3)11-12-23-17-24(31)18-27(32)20(23)2/h10-12,19-20,24-27,31-32,34H,5-9,13-18H2,1-4H3/b21-11+,22-10+,23-12-/t19-,20?,24-,25-,26?,27+,29-,30?/m1/s1. The van der Waals surface area contributed by atoms with Crippen LogP contribution in [0.4, 0.5) is 0 Å². The van der Waals surface area contributed by atoms with Gasteiger partial charge in [-0.3, -0.25) is 4.79 Å². The normalized spacial score (nSPS) is 45.7. The van der Waals surface area contributed by atoms with E-state index in [9.17, 15) is 20.1 Å². The average molecular weight is 471 g/mol. The van der Waals surface area contributed by atoms with Gasteiger partial charge in [-0.1, -0.05) is 50.1 Å². The van der Waals surface area contributed by atoms with E-state index >= 15 is 0 Å². The zero-order chi connectivity index (χ0) is 24.7. The highest BCUT2D eigenvalue weighted by Gasteiger charge is 2.50. The van der Waals surface area contributed by atoms with Gasteiger partial charge in [0.2, 0.25) is 0 Å². The van der Waals surface area contributed by atoms with Gasteiger partial charge >= 0.3 is 0 Å². The van der Waals surface area contributed by atoms with Gasteiger partial charge in [0.15, 0.2) is 5.78 Å². The minimum absolute atomic E-state index is 0.0652. The van der Waals surface area contributed by atoms with E-state index in [1.54, 1.807) is 12.5 Å². The lowest BCUT2D eigenvalue weighted by molar-refractivity contribution is -0.134. The highest BCUT2D eigenvalue weighted by molar-refractivity contribution is 6.02. The molecule has 4 heteroatoms. The van der Waals surface area contributed by atoms with Crippen molar-refractivity contribution in [3.05, 3.63) is 34.9 Å². The number of fused-ring (bicyclic) bond motifs is 1. The predicted octanol–water partition coefficient (Wildman–Crippen LogP) is 5.66. The Bertz CT molecular complexity index is 865. The minimum atomic E-state index is -1.18. The quantitative estimate of drug-likeness (QED) is 0.463. The van der Waals surface area contributed by atoms with E-state index in [0.29, 0.717) is 42.4 Å². The number of hydrogen-bond donors (Lipinski definition) is 3. The van der Waals surface area contributed by atoms with Gasteiger partial charge in [-0.2, -0.15) is 0 Å². The number of carbonyl (C=O) groups excluding carboxylic acids is 1. The van der Waals surface area contributed by atoms with Crippen LogP contribution in [0.3, 0.4) is 0 Å². The Morgan fingerprint density at radius 1 is 1.06 bits per heavy atom. The molecule has 3 unspecified atom stereocenters. The van der Waals surface area contributed by atoms with Crippen molar-refractivity contribution in [2.24, 2.45) is 29.1 Å². The zero-order valence-electron chi connectivity index (χ0n) is 21.7. The van der Waals surface area contributed by atoms with Crippen molar-refractivity contribution < 1.29 is 20.1 Å². The maximum Gasteiger partial charge on any atom is 0.189 e. The molecular formula is C30H46O4. The second-order valence-corrected chi connectivity index (χ2v) is 12.4. The SMILES string of the molecule is CC1/C(=C\C=C2/CCC[C@@]3(C)C2CC[C@@H]3[C@H](C)C/C=C2\CCCC(C)(O)C2=O)C[C@@H](O)C[C@@H]1O. The third kappa shape index (κ3) is 5.01. The highest BCUT2D eigenvalue weighted by Crippen LogP contribution is 2.59. The third-order valence-corrected chi connectivity index (χ3v) is 10.0. The first-order valence-electron chi connectivity index (χ1n) is 13.7. The lowest BCUT2D eigenvalue weighted by Crippen LogP contribution is -2.39. The molecule has 8 atom stereocenters. The van der Waals surface area contributed by atoms with Crippen molar-refractivity contribution in [1.82, 2.24) is 0 Å². The number of aliphatic hydroxyl groups is 3. The molecule has 3 N–H and O–H groups in total. The fourth-order valence-electron chi connectivity index (χ4n) is 7.80. The van der Waals surface area contributed by atoms with Gasteiger partial charge in [-0.15, -0.1) is 0 Å². The van der Waals surface area contributed by atoms with E-state index < -0.39 is 17.8 Å². The van der Waals surface area contributed by atoms with Crippen LogP contribution in [-0.2, 0) is 4.79 Å². The molecule has 0 aromatic heterocycles. The molecule has 4 nitrogen and oxygen atoms in total. The summed E-state index contributed by atoms with van der Waals surface area (Å²) in [5, 5.41) is 30.8. The van der Waals surface area contributed by atoms with Gasteiger partial charge in [0.1, 0.15) is 5.60 Å². The lowest BCUT2D eigenvalue weighted by Gasteiger charge is -2.44. The second kappa shape index (κ2) is 10.0. The molecule has 0 radical (unpaired) electrons. The summed E-state index contributed by atoms with van der Waals surface area (Å²) < 4.78 is 0. The Hall–Kier alpha value is -1.23. The summed E-state index contributed by atoms with van der Waals surface area (Å²) in [7, 11) is 0. The Balaban J connectivity index is 1.47. The maximum absolute atomic E-state index is 12.6. The molecule has 0 aliphatic heterocycles. The van der Waals surface area contributed by atoms with Gasteiger partial charge < -0.3 is 15.3 Å². The smallest absolute Gasteiger partial charge is 0.189 e. The van der Waals surface area contributed by atoms with E-state index in [-0.39, 0.29) is 11.7 Å². The predicted molar refractivity (Wildman–Crippen MR) is 136 cm³/mol. The van der Waals surface area contributed by atoms with Crippen LogP contribution in [0, 0.1) is 29.1 Å². The fourth-order valence-corrected chi connectivity index (χ4v) is 7.80. The lowest BCUT2D eigenvalue weighted by atomic mass is 9.60. The molecule has 4 aliphatic rings. The van der Waals surface area contributed by atoms with Crippen LogP contribution in [0.5, 0.6) is 0 Å². The molecule has 34 heavy (non-hydrogen) atoms. The van der Waals surface area contributed by atoms with E-state index in [1.807, 2.05) is 0 Å². The van der Waals surface area contributed by atoms with Crippen molar-refractivity contribution in [1.29, 1.82) is 0 Å². The summed E-state index contributed by atoms with van der Waals surface area (Å²) in [4.78, 5) is 12.6. The second-order valence-electron chi connectivity index (χ2n) is 12.4. The van der Waals surface area contributed by atoms with Crippen molar-refractivity contribution >= 4 is 5.78 Å². The van der Waals surface area contributed by atoms with Gasteiger partial charge in [0.05, 0.1) is 12.2 Å². The molecule has 0 heterocycles. The number of Topliss-reactive ketones (excluding diaryl/α,β-unsaturated/α-hetero) is 1. The molecule has 4 aliphatic carbocycles. The van der Waals surface area contributed by atoms with Crippen LogP contribution in [0.15, 0.2) is 34.9 Å². The molecule has 4 fully saturated rings. The monoisotopic (exact) mass is 470 g/mol. The van der Waals surface area contributed by atoms with Crippen LogP contribution < -0.4 is 0 Å².